The fourth-order valence-electron chi connectivity index (χ4n) is 2.39. The van der Waals surface area contributed by atoms with Crippen LogP contribution in [0.2, 0.25) is 0 Å². The van der Waals surface area contributed by atoms with Crippen molar-refractivity contribution in [2.45, 2.75) is 0 Å². The minimum atomic E-state index is 0.986. The van der Waals surface area contributed by atoms with Crippen LogP contribution in [-0.4, -0.2) is 14.0 Å². The third kappa shape index (κ3) is 1.21. The molecule has 4 rings (SSSR count). The van der Waals surface area contributed by atoms with Crippen molar-refractivity contribution in [2.75, 3.05) is 0 Å². The van der Waals surface area contributed by atoms with Gasteiger partial charge in [-0.3, -0.25) is 4.40 Å². The Morgan fingerprint density at radius 1 is 1.06 bits per heavy atom. The molecule has 0 unspecified atom stereocenters. The van der Waals surface area contributed by atoms with Crippen molar-refractivity contribution in [3.05, 3.63) is 48.0 Å². The number of aromatic nitrogens is 3. The molecule has 0 aliphatic carbocycles. The van der Waals surface area contributed by atoms with Crippen molar-refractivity contribution in [3.8, 4) is 10.6 Å². The second-order valence-corrected chi connectivity index (χ2v) is 5.27. The van der Waals surface area contributed by atoms with E-state index in [4.69, 9.17) is 4.98 Å². The summed E-state index contributed by atoms with van der Waals surface area (Å²) in [6, 6.07) is 12.5. The van der Waals surface area contributed by atoms with Gasteiger partial charge in [-0.1, -0.05) is 18.2 Å². The quantitative estimate of drug-likeness (QED) is 0.508. The molecule has 0 fully saturated rings. The summed E-state index contributed by atoms with van der Waals surface area (Å²) in [6.45, 7) is 0. The molecule has 0 saturated heterocycles. The van der Waals surface area contributed by atoms with Gasteiger partial charge in [-0.15, -0.1) is 11.3 Å². The van der Waals surface area contributed by atoms with Crippen molar-refractivity contribution in [3.63, 3.8) is 0 Å². The minimum Gasteiger partial charge on any atom is -0.313 e. The lowest BCUT2D eigenvalue weighted by molar-refractivity contribution is 0.970. The van der Waals surface area contributed by atoms with Crippen LogP contribution in [0.3, 0.4) is 0 Å². The summed E-state index contributed by atoms with van der Waals surface area (Å²) < 4.78 is 4.29. The Morgan fingerprint density at radius 2 is 1.89 bits per heavy atom. The summed E-state index contributed by atoms with van der Waals surface area (Å²) in [4.78, 5) is 5.94. The number of aryl methyl sites for hydroxylation is 1. The molecule has 0 radical (unpaired) electrons. The molecule has 0 aliphatic heterocycles. The molecule has 3 nitrogen and oxygen atoms in total. The number of para-hydroxylation sites is 2. The van der Waals surface area contributed by atoms with E-state index in [2.05, 4.69) is 64.0 Å². The fourth-order valence-corrected chi connectivity index (χ4v) is 3.07. The zero-order chi connectivity index (χ0) is 12.1. The van der Waals surface area contributed by atoms with Gasteiger partial charge in [0.2, 0.25) is 5.78 Å². The van der Waals surface area contributed by atoms with E-state index in [0.29, 0.717) is 0 Å². The summed E-state index contributed by atoms with van der Waals surface area (Å²) >= 11 is 1.72. The van der Waals surface area contributed by atoms with Gasteiger partial charge < -0.3 is 4.57 Å². The first-order valence-corrected chi connectivity index (χ1v) is 6.69. The highest BCUT2D eigenvalue weighted by atomic mass is 32.1. The van der Waals surface area contributed by atoms with Crippen LogP contribution < -0.4 is 0 Å². The summed E-state index contributed by atoms with van der Waals surface area (Å²) in [6.07, 6.45) is 2.11. The van der Waals surface area contributed by atoms with E-state index < -0.39 is 0 Å². The normalized spacial score (nSPS) is 11.6. The zero-order valence-electron chi connectivity index (χ0n) is 9.87. The third-order valence-corrected chi connectivity index (χ3v) is 4.16. The number of benzene rings is 1. The number of fused-ring (bicyclic) bond motifs is 3. The second kappa shape index (κ2) is 3.46. The van der Waals surface area contributed by atoms with Gasteiger partial charge in [0.25, 0.3) is 0 Å². The first kappa shape index (κ1) is 9.91. The van der Waals surface area contributed by atoms with Gasteiger partial charge in [-0.2, -0.15) is 0 Å². The molecule has 1 aromatic carbocycles. The Kier molecular flexibility index (Phi) is 1.91. The summed E-state index contributed by atoms with van der Waals surface area (Å²) in [5.41, 5.74) is 3.45. The molecule has 4 aromatic rings. The van der Waals surface area contributed by atoms with E-state index in [9.17, 15) is 0 Å². The van der Waals surface area contributed by atoms with Crippen LogP contribution in [0.15, 0.2) is 48.0 Å². The average molecular weight is 253 g/mol. The Balaban J connectivity index is 2.10. The van der Waals surface area contributed by atoms with Gasteiger partial charge in [0.1, 0.15) is 5.69 Å². The molecular formula is C14H11N3S. The monoisotopic (exact) mass is 253 g/mol. The first-order chi connectivity index (χ1) is 8.84. The number of rotatable bonds is 1. The molecule has 0 amide bonds. The lowest BCUT2D eigenvalue weighted by Crippen LogP contribution is -1.88. The van der Waals surface area contributed by atoms with Crippen molar-refractivity contribution < 1.29 is 0 Å². The molecule has 88 valence electrons. The third-order valence-electron chi connectivity index (χ3n) is 3.26. The van der Waals surface area contributed by atoms with Gasteiger partial charge in [0, 0.05) is 13.2 Å². The van der Waals surface area contributed by atoms with Gasteiger partial charge >= 0.3 is 0 Å². The van der Waals surface area contributed by atoms with Gasteiger partial charge in [0.05, 0.1) is 15.9 Å². The molecule has 18 heavy (non-hydrogen) atoms. The number of hydrogen-bond acceptors (Lipinski definition) is 2. The predicted octanol–water partition coefficient (Wildman–Crippen LogP) is 3.55. The van der Waals surface area contributed by atoms with Gasteiger partial charge in [-0.05, 0) is 23.6 Å². The molecule has 0 bridgehead atoms. The minimum absolute atomic E-state index is 0.986. The zero-order valence-corrected chi connectivity index (χ0v) is 10.7. The van der Waals surface area contributed by atoms with Crippen molar-refractivity contribution in [2.24, 2.45) is 7.05 Å². The van der Waals surface area contributed by atoms with E-state index >= 15 is 0 Å². The maximum atomic E-state index is 4.73. The predicted molar refractivity (Wildman–Crippen MR) is 75.0 cm³/mol. The smallest absolute Gasteiger partial charge is 0.215 e. The van der Waals surface area contributed by atoms with Crippen LogP contribution in [0, 0.1) is 0 Å². The molecule has 3 aromatic heterocycles. The largest absolute Gasteiger partial charge is 0.313 e. The summed E-state index contributed by atoms with van der Waals surface area (Å²) in [5, 5.41) is 2.08. The molecular weight excluding hydrogens is 242 g/mol. The number of nitrogens with zero attached hydrogens (tertiary/aromatic N) is 3. The molecule has 0 aliphatic rings. The summed E-state index contributed by atoms with van der Waals surface area (Å²) in [7, 11) is 2.06. The average Bonchev–Trinajstić information content (AvgIpc) is 3.09. The van der Waals surface area contributed by atoms with E-state index in [0.717, 1.165) is 11.5 Å². The fraction of sp³-hybridized carbons (Fsp3) is 0.0714. The van der Waals surface area contributed by atoms with Crippen LogP contribution in [0.25, 0.3) is 27.4 Å². The standard InChI is InChI=1S/C14H11N3S/c1-16-11-5-2-3-6-12(11)17-9-10(15-14(16)17)13-7-4-8-18-13/h2-9H,1H3. The second-order valence-electron chi connectivity index (χ2n) is 4.32. The first-order valence-electron chi connectivity index (χ1n) is 5.81. The highest BCUT2D eigenvalue weighted by Gasteiger charge is 2.12. The molecule has 0 saturated carbocycles. The van der Waals surface area contributed by atoms with Gasteiger partial charge in [0.15, 0.2) is 0 Å². The van der Waals surface area contributed by atoms with Crippen molar-refractivity contribution >= 4 is 28.1 Å². The summed E-state index contributed by atoms with van der Waals surface area (Å²) in [5.74, 6) is 0.986. The highest BCUT2D eigenvalue weighted by molar-refractivity contribution is 7.13. The topological polar surface area (TPSA) is 22.2 Å². The Labute approximate surface area is 108 Å². The number of hydrogen-bond donors (Lipinski definition) is 0. The lowest BCUT2D eigenvalue weighted by Gasteiger charge is -1.94. The van der Waals surface area contributed by atoms with Gasteiger partial charge in [-0.25, -0.2) is 4.98 Å². The van der Waals surface area contributed by atoms with Crippen LogP contribution in [-0.2, 0) is 7.05 Å². The van der Waals surface area contributed by atoms with Crippen LogP contribution in [0.5, 0.6) is 0 Å². The van der Waals surface area contributed by atoms with Crippen LogP contribution >= 0.6 is 11.3 Å². The van der Waals surface area contributed by atoms with E-state index in [-0.39, 0.29) is 0 Å². The van der Waals surface area contributed by atoms with E-state index in [1.807, 2.05) is 0 Å². The maximum Gasteiger partial charge on any atom is 0.215 e. The number of imidazole rings is 2. The molecule has 0 N–H and O–H groups in total. The lowest BCUT2D eigenvalue weighted by atomic mass is 10.3. The van der Waals surface area contributed by atoms with Crippen LogP contribution in [0.4, 0.5) is 0 Å². The molecule has 3 heterocycles. The molecule has 0 atom stereocenters. The Morgan fingerprint density at radius 3 is 2.67 bits per heavy atom. The Hall–Kier alpha value is -2.07. The van der Waals surface area contributed by atoms with Crippen molar-refractivity contribution in [1.82, 2.24) is 14.0 Å². The van der Waals surface area contributed by atoms with E-state index in [1.54, 1.807) is 11.3 Å². The number of thiophene rings is 1. The van der Waals surface area contributed by atoms with Crippen molar-refractivity contribution in [1.29, 1.82) is 0 Å². The molecule has 4 heteroatoms. The maximum absolute atomic E-state index is 4.73. The SMILES string of the molecule is Cn1c2ccccc2n2cc(-c3cccs3)nc12. The Bertz CT molecular complexity index is 837. The van der Waals surface area contributed by atoms with Crippen LogP contribution in [0.1, 0.15) is 0 Å². The molecule has 0 spiro atoms. The van der Waals surface area contributed by atoms with E-state index in [1.165, 1.54) is 15.9 Å². The highest BCUT2D eigenvalue weighted by Crippen LogP contribution is 2.27.